The molecule has 7 heavy (non-hydrogen) atoms. The number of hydrogen-bond acceptors (Lipinski definition) is 2. The van der Waals surface area contributed by atoms with Crippen LogP contribution in [0.4, 0.5) is 0 Å². The van der Waals surface area contributed by atoms with Gasteiger partial charge in [-0.25, -0.2) is 0 Å². The van der Waals surface area contributed by atoms with E-state index in [4.69, 9.17) is 18.1 Å². The Balaban J connectivity index is 3.43. The van der Waals surface area contributed by atoms with Crippen molar-refractivity contribution >= 4 is 0 Å². The summed E-state index contributed by atoms with van der Waals surface area (Å²) in [6.07, 6.45) is -6.18. The summed E-state index contributed by atoms with van der Waals surface area (Å²) in [6, 6.07) is -3.06. The first-order valence-corrected chi connectivity index (χ1v) is 1.79. The van der Waals surface area contributed by atoms with Gasteiger partial charge in [-0.2, -0.15) is 0 Å². The third kappa shape index (κ3) is 1.45. The molecular weight excluding hydrogens is 88.1 g/mol. The minimum Gasteiger partial charge on any atom is -0.328 e. The first kappa shape index (κ1) is 0.957. The van der Waals surface area contributed by atoms with Crippen LogP contribution < -0.4 is 11.1 Å². The molecular formula is C5H12N2. The Morgan fingerprint density at radius 1 is 1.71 bits per heavy atom. The predicted octanol–water partition coefficient (Wildman–Crippen LogP) is -0.303. The van der Waals surface area contributed by atoms with Crippen molar-refractivity contribution < 1.29 is 12.3 Å². The van der Waals surface area contributed by atoms with Crippen molar-refractivity contribution in [3.8, 4) is 0 Å². The van der Waals surface area contributed by atoms with E-state index in [2.05, 4.69) is 0 Å². The molecule has 1 aliphatic heterocycles. The molecule has 1 heterocycles. The Hall–Kier alpha value is -0.0800. The average molecular weight is 109 g/mol. The lowest BCUT2D eigenvalue weighted by molar-refractivity contribution is 0.458. The van der Waals surface area contributed by atoms with Gasteiger partial charge in [0.15, 0.2) is 0 Å². The maximum Gasteiger partial charge on any atom is 0.0463 e. The van der Waals surface area contributed by atoms with Crippen LogP contribution in [0, 0.1) is 0 Å². The van der Waals surface area contributed by atoms with Crippen molar-refractivity contribution in [1.29, 1.82) is 0 Å². The van der Waals surface area contributed by atoms with Gasteiger partial charge >= 0.3 is 0 Å². The van der Waals surface area contributed by atoms with Gasteiger partial charge in [0.25, 0.3) is 0 Å². The van der Waals surface area contributed by atoms with Crippen LogP contribution in [-0.4, -0.2) is 19.0 Å². The molecule has 0 aliphatic carbocycles. The van der Waals surface area contributed by atoms with Gasteiger partial charge in [-0.3, -0.25) is 0 Å². The Morgan fingerprint density at radius 3 is 2.86 bits per heavy atom. The van der Waals surface area contributed by atoms with Crippen molar-refractivity contribution in [3.05, 3.63) is 0 Å². The van der Waals surface area contributed by atoms with Crippen molar-refractivity contribution in [2.45, 2.75) is 18.8 Å². The zero-order chi connectivity index (χ0) is 13.2. The normalized spacial score (nSPS) is 77.6. The minimum absolute atomic E-state index is 1.58. The van der Waals surface area contributed by atoms with Gasteiger partial charge in [-0.15, -0.1) is 0 Å². The molecule has 0 radical (unpaired) electrons. The molecule has 3 N–H and O–H groups in total. The molecule has 0 atom stereocenters. The van der Waals surface area contributed by atoms with Gasteiger partial charge < -0.3 is 11.1 Å². The molecule has 0 saturated carbocycles. The number of piperidine rings is 1. The largest absolute Gasteiger partial charge is 0.328 e. The quantitative estimate of drug-likeness (QED) is 0.448. The minimum atomic E-state index is -3.09. The summed E-state index contributed by atoms with van der Waals surface area (Å²) in [4.78, 5) is 0. The topological polar surface area (TPSA) is 38.0 Å². The fourth-order valence-corrected chi connectivity index (χ4v) is 0.260. The molecule has 2 nitrogen and oxygen atoms in total. The fraction of sp³-hybridized carbons (Fsp3) is 1.00. The van der Waals surface area contributed by atoms with Crippen molar-refractivity contribution in [2.75, 3.05) is 13.0 Å². The Labute approximate surface area is 56.7 Å². The highest BCUT2D eigenvalue weighted by atomic mass is 14.9. The monoisotopic (exact) mass is 109 g/mol. The van der Waals surface area contributed by atoms with E-state index in [1.54, 1.807) is 5.32 Å². The Morgan fingerprint density at radius 2 is 2.29 bits per heavy atom. The van der Waals surface area contributed by atoms with Gasteiger partial charge in [0.05, 0.1) is 0 Å². The van der Waals surface area contributed by atoms with Crippen LogP contribution in [-0.2, 0) is 0 Å². The molecule has 0 unspecified atom stereocenters. The third-order valence-electron chi connectivity index (χ3n) is 0.519. The number of nitrogens with two attached hydrogens (primary N) is 1. The van der Waals surface area contributed by atoms with Crippen LogP contribution in [0.3, 0.4) is 0 Å². The van der Waals surface area contributed by atoms with Crippen LogP contribution in [0.1, 0.15) is 25.1 Å². The summed E-state index contributed by atoms with van der Waals surface area (Å²) in [6.45, 7) is -5.89. The molecule has 0 aromatic heterocycles. The van der Waals surface area contributed by atoms with Gasteiger partial charge in [0.1, 0.15) is 0 Å². The molecule has 0 aromatic carbocycles. The SMILES string of the molecule is [2H]C1([2H])NC([2H])([2H])C([2H])([2H])C([2H])(N)C1([2H])[2H]. The smallest absolute Gasteiger partial charge is 0.0463 e. The first-order valence-electron chi connectivity index (χ1n) is 6.29. The molecule has 1 fully saturated rings. The van der Waals surface area contributed by atoms with Crippen molar-refractivity contribution in [3.63, 3.8) is 0 Å². The van der Waals surface area contributed by atoms with Gasteiger partial charge in [-0.05, 0) is 25.7 Å². The molecule has 42 valence electrons. The van der Waals surface area contributed by atoms with Crippen LogP contribution in [0.2, 0.25) is 0 Å². The predicted molar refractivity (Wildman–Crippen MR) is 30.1 cm³/mol. The molecule has 0 aromatic rings. The second kappa shape index (κ2) is 2.28. The van der Waals surface area contributed by atoms with E-state index in [0.717, 1.165) is 0 Å². The lowest BCUT2D eigenvalue weighted by Crippen LogP contribution is -2.35. The molecule has 0 amide bonds. The van der Waals surface area contributed by atoms with E-state index < -0.39 is 31.8 Å². The standard InChI is InChI=1S/C5H12N2/c6-5-1-3-7-4-2-5/h5,7H,1-4,6H2/i1D2,2D2,3D2,4D2,5D. The van der Waals surface area contributed by atoms with E-state index in [0.29, 0.717) is 0 Å². The lowest BCUT2D eigenvalue weighted by Gasteiger charge is -2.17. The molecule has 2 heteroatoms. The van der Waals surface area contributed by atoms with E-state index >= 15 is 0 Å². The highest BCUT2D eigenvalue weighted by molar-refractivity contribution is 4.69. The molecule has 1 aliphatic rings. The second-order valence-electron chi connectivity index (χ2n) is 1.04. The van der Waals surface area contributed by atoms with Gasteiger partial charge in [-0.1, -0.05) is 0 Å². The summed E-state index contributed by atoms with van der Waals surface area (Å²) in [5, 5.41) is 1.58. The van der Waals surface area contributed by atoms with E-state index in [-0.39, 0.29) is 0 Å². The van der Waals surface area contributed by atoms with Gasteiger partial charge in [0, 0.05) is 18.4 Å². The lowest BCUT2D eigenvalue weighted by atomic mass is 10.1. The van der Waals surface area contributed by atoms with Crippen LogP contribution >= 0.6 is 0 Å². The summed E-state index contributed by atoms with van der Waals surface area (Å²) in [5.74, 6) is 0. The van der Waals surface area contributed by atoms with Crippen LogP contribution in [0.5, 0.6) is 0 Å². The number of hydrogen-bond donors (Lipinski definition) is 2. The van der Waals surface area contributed by atoms with E-state index in [1.807, 2.05) is 0 Å². The van der Waals surface area contributed by atoms with E-state index in [9.17, 15) is 0 Å². The fourth-order valence-electron chi connectivity index (χ4n) is 0.260. The number of rotatable bonds is 0. The molecule has 0 spiro atoms. The first-order chi connectivity index (χ1) is 6.71. The summed E-state index contributed by atoms with van der Waals surface area (Å²) >= 11 is 0. The van der Waals surface area contributed by atoms with Crippen LogP contribution in [0.25, 0.3) is 0 Å². The van der Waals surface area contributed by atoms with E-state index in [1.165, 1.54) is 0 Å². The highest BCUT2D eigenvalue weighted by Crippen LogP contribution is 1.96. The average Bonchev–Trinajstić information content (AvgIpc) is 1.98. The molecule has 1 saturated heterocycles. The Bertz CT molecular complexity index is 281. The highest BCUT2D eigenvalue weighted by Gasteiger charge is 2.05. The van der Waals surface area contributed by atoms with Crippen LogP contribution in [0.15, 0.2) is 0 Å². The summed E-state index contributed by atoms with van der Waals surface area (Å²) < 4.78 is 66.1. The summed E-state index contributed by atoms with van der Waals surface area (Å²) in [7, 11) is 0. The second-order valence-corrected chi connectivity index (χ2v) is 1.04. The van der Waals surface area contributed by atoms with Crippen molar-refractivity contribution in [2.24, 2.45) is 5.73 Å². The maximum atomic E-state index is 7.45. The number of nitrogens with one attached hydrogen (secondary N) is 1. The zero-order valence-corrected chi connectivity index (χ0v) is 3.58. The molecule has 1 rings (SSSR count). The molecule has 0 bridgehead atoms. The summed E-state index contributed by atoms with van der Waals surface area (Å²) in [5.41, 5.74) is 5.18. The zero-order valence-electron chi connectivity index (χ0n) is 12.6. The maximum absolute atomic E-state index is 7.45. The van der Waals surface area contributed by atoms with Gasteiger partial charge in [0.2, 0.25) is 0 Å². The third-order valence-corrected chi connectivity index (χ3v) is 0.519. The van der Waals surface area contributed by atoms with Crippen molar-refractivity contribution in [1.82, 2.24) is 5.32 Å². The Kier molecular flexibility index (Phi) is 0.312.